The normalized spacial score (nSPS) is 11.5. The molecule has 0 saturated heterocycles. The molecule has 4 nitrogen and oxygen atoms in total. The Labute approximate surface area is 142 Å². The van der Waals surface area contributed by atoms with E-state index in [0.717, 1.165) is 28.6 Å². The Balaban J connectivity index is 2.10. The summed E-state index contributed by atoms with van der Waals surface area (Å²) in [5, 5.41) is 0. The van der Waals surface area contributed by atoms with Crippen molar-refractivity contribution in [1.29, 1.82) is 0 Å². The maximum atomic E-state index is 14.0. The third-order valence-corrected chi connectivity index (χ3v) is 5.26. The predicted molar refractivity (Wildman–Crippen MR) is 84.8 cm³/mol. The molecule has 0 radical (unpaired) electrons. The summed E-state index contributed by atoms with van der Waals surface area (Å²) < 4.78 is 72.1. The maximum absolute atomic E-state index is 14.0. The molecule has 0 aliphatic rings. The Morgan fingerprint density at radius 1 is 0.920 bits per heavy atom. The Kier molecular flexibility index (Phi) is 4.54. The Morgan fingerprint density at radius 2 is 1.60 bits per heavy atom. The van der Waals surface area contributed by atoms with Crippen LogP contribution in [0.5, 0.6) is 0 Å². The number of rotatable bonds is 5. The average molecular weight is 367 g/mol. The number of halogens is 3. The lowest BCUT2D eigenvalue weighted by Gasteiger charge is -2.24. The quantitative estimate of drug-likeness (QED) is 0.682. The fraction of sp³-hybridized carbons (Fsp3) is 0.0588. The van der Waals surface area contributed by atoms with E-state index in [1.165, 1.54) is 18.4 Å². The van der Waals surface area contributed by atoms with Gasteiger partial charge in [-0.2, -0.15) is 0 Å². The topological polar surface area (TPSA) is 50.5 Å². The number of hydrogen-bond donors (Lipinski definition) is 0. The molecule has 3 rings (SSSR count). The maximum Gasteiger partial charge on any atom is 0.267 e. The third-order valence-electron chi connectivity index (χ3n) is 3.46. The lowest BCUT2D eigenvalue weighted by atomic mass is 10.3. The Hall–Kier alpha value is -2.74. The summed E-state index contributed by atoms with van der Waals surface area (Å²) in [4.78, 5) is -0.690. The molecule has 2 aromatic carbocycles. The van der Waals surface area contributed by atoms with Crippen LogP contribution in [0, 0.1) is 17.5 Å². The van der Waals surface area contributed by atoms with Gasteiger partial charge in [0.25, 0.3) is 10.0 Å². The first-order valence-corrected chi connectivity index (χ1v) is 8.57. The summed E-state index contributed by atoms with van der Waals surface area (Å²) in [5.41, 5.74) is 0.113. The predicted octanol–water partition coefficient (Wildman–Crippen LogP) is 4.09. The molecule has 0 spiro atoms. The SMILES string of the molecule is O=S(=O)(c1ccc(F)cc1F)N(Cc1ccco1)c1ccc(F)cc1. The number of hydrogen-bond acceptors (Lipinski definition) is 3. The van der Waals surface area contributed by atoms with Crippen LogP contribution in [0.3, 0.4) is 0 Å². The van der Waals surface area contributed by atoms with Gasteiger partial charge in [0.2, 0.25) is 0 Å². The molecule has 130 valence electrons. The molecule has 0 atom stereocenters. The molecule has 0 N–H and O–H groups in total. The van der Waals surface area contributed by atoms with Crippen LogP contribution >= 0.6 is 0 Å². The van der Waals surface area contributed by atoms with Gasteiger partial charge in [0.05, 0.1) is 18.5 Å². The van der Waals surface area contributed by atoms with E-state index in [1.807, 2.05) is 0 Å². The molecule has 0 saturated carbocycles. The molecule has 0 aliphatic heterocycles. The lowest BCUT2D eigenvalue weighted by Crippen LogP contribution is -2.31. The van der Waals surface area contributed by atoms with Crippen molar-refractivity contribution in [2.75, 3.05) is 4.31 Å². The number of furan rings is 1. The first kappa shape index (κ1) is 17.1. The minimum Gasteiger partial charge on any atom is -0.467 e. The summed E-state index contributed by atoms with van der Waals surface area (Å²) in [5.74, 6) is -2.36. The summed E-state index contributed by atoms with van der Waals surface area (Å²) in [6.07, 6.45) is 1.36. The summed E-state index contributed by atoms with van der Waals surface area (Å²) in [7, 11) is -4.38. The molecule has 3 aromatic rings. The first-order chi connectivity index (χ1) is 11.9. The largest absolute Gasteiger partial charge is 0.467 e. The second-order valence-corrected chi connectivity index (χ2v) is 6.97. The third kappa shape index (κ3) is 3.53. The molecule has 0 fully saturated rings. The van der Waals surface area contributed by atoms with E-state index in [-0.39, 0.29) is 12.2 Å². The second-order valence-electron chi connectivity index (χ2n) is 5.14. The number of sulfonamides is 1. The van der Waals surface area contributed by atoms with E-state index < -0.39 is 32.4 Å². The highest BCUT2D eigenvalue weighted by molar-refractivity contribution is 7.92. The molecule has 8 heteroatoms. The summed E-state index contributed by atoms with van der Waals surface area (Å²) >= 11 is 0. The molecule has 0 bridgehead atoms. The highest BCUT2D eigenvalue weighted by Gasteiger charge is 2.29. The van der Waals surface area contributed by atoms with Crippen LogP contribution in [0.4, 0.5) is 18.9 Å². The molecular weight excluding hydrogens is 355 g/mol. The van der Waals surface area contributed by atoms with Crippen molar-refractivity contribution in [3.8, 4) is 0 Å². The zero-order valence-electron chi connectivity index (χ0n) is 12.7. The fourth-order valence-corrected chi connectivity index (χ4v) is 3.75. The smallest absolute Gasteiger partial charge is 0.267 e. The van der Waals surface area contributed by atoms with Crippen molar-refractivity contribution < 1.29 is 26.0 Å². The van der Waals surface area contributed by atoms with Gasteiger partial charge in [0, 0.05) is 6.07 Å². The Bertz CT molecular complexity index is 971. The van der Waals surface area contributed by atoms with Crippen LogP contribution in [0.2, 0.25) is 0 Å². The molecule has 25 heavy (non-hydrogen) atoms. The highest BCUT2D eigenvalue weighted by Crippen LogP contribution is 2.28. The van der Waals surface area contributed by atoms with Gasteiger partial charge in [-0.05, 0) is 48.5 Å². The monoisotopic (exact) mass is 367 g/mol. The van der Waals surface area contributed by atoms with Gasteiger partial charge in [0.15, 0.2) is 0 Å². The first-order valence-electron chi connectivity index (χ1n) is 7.13. The lowest BCUT2D eigenvalue weighted by molar-refractivity contribution is 0.506. The van der Waals surface area contributed by atoms with E-state index in [2.05, 4.69) is 0 Å². The minimum absolute atomic E-state index is 0.113. The van der Waals surface area contributed by atoms with Gasteiger partial charge in [-0.3, -0.25) is 4.31 Å². The van der Waals surface area contributed by atoms with Crippen LogP contribution in [-0.2, 0) is 16.6 Å². The molecule has 1 aromatic heterocycles. The molecule has 0 unspecified atom stereocenters. The van der Waals surface area contributed by atoms with Crippen LogP contribution < -0.4 is 4.31 Å². The number of anilines is 1. The minimum atomic E-state index is -4.38. The van der Waals surface area contributed by atoms with Crippen LogP contribution in [0.25, 0.3) is 0 Å². The zero-order valence-corrected chi connectivity index (χ0v) is 13.5. The van der Waals surface area contributed by atoms with Crippen LogP contribution in [-0.4, -0.2) is 8.42 Å². The highest BCUT2D eigenvalue weighted by atomic mass is 32.2. The van der Waals surface area contributed by atoms with E-state index >= 15 is 0 Å². The van der Waals surface area contributed by atoms with E-state index in [1.54, 1.807) is 12.1 Å². The molecule has 0 aliphatic carbocycles. The second kappa shape index (κ2) is 6.64. The van der Waals surface area contributed by atoms with Crippen molar-refractivity contribution in [2.45, 2.75) is 11.4 Å². The van der Waals surface area contributed by atoms with Gasteiger partial charge >= 0.3 is 0 Å². The van der Waals surface area contributed by atoms with Gasteiger partial charge in [-0.15, -0.1) is 0 Å². The Morgan fingerprint density at radius 3 is 2.20 bits per heavy atom. The van der Waals surface area contributed by atoms with Crippen LogP contribution in [0.15, 0.2) is 70.2 Å². The van der Waals surface area contributed by atoms with Crippen molar-refractivity contribution in [3.63, 3.8) is 0 Å². The summed E-state index contributed by atoms with van der Waals surface area (Å²) in [6, 6.07) is 9.97. The van der Waals surface area contributed by atoms with Crippen molar-refractivity contribution in [2.24, 2.45) is 0 Å². The van der Waals surface area contributed by atoms with E-state index in [9.17, 15) is 21.6 Å². The van der Waals surface area contributed by atoms with E-state index in [0.29, 0.717) is 11.8 Å². The van der Waals surface area contributed by atoms with Gasteiger partial charge < -0.3 is 4.42 Å². The van der Waals surface area contributed by atoms with Crippen LogP contribution in [0.1, 0.15) is 5.76 Å². The fourth-order valence-electron chi connectivity index (χ4n) is 2.27. The van der Waals surface area contributed by atoms with E-state index in [4.69, 9.17) is 4.42 Å². The molecule has 1 heterocycles. The zero-order chi connectivity index (χ0) is 18.0. The van der Waals surface area contributed by atoms with Gasteiger partial charge in [-0.25, -0.2) is 21.6 Å². The number of benzene rings is 2. The number of nitrogens with zero attached hydrogens (tertiary/aromatic N) is 1. The summed E-state index contributed by atoms with van der Waals surface area (Å²) in [6.45, 7) is -0.238. The van der Waals surface area contributed by atoms with Crippen molar-refractivity contribution in [3.05, 3.63) is 84.1 Å². The standard InChI is InChI=1S/C17H12F3NO3S/c18-12-3-6-14(7-4-12)21(11-15-2-1-9-24-15)25(22,23)17-8-5-13(19)10-16(17)20/h1-10H,11H2. The van der Waals surface area contributed by atoms with Crippen molar-refractivity contribution in [1.82, 2.24) is 0 Å². The average Bonchev–Trinajstić information content (AvgIpc) is 3.06. The van der Waals surface area contributed by atoms with Gasteiger partial charge in [-0.1, -0.05) is 0 Å². The van der Waals surface area contributed by atoms with Gasteiger partial charge in [0.1, 0.15) is 28.1 Å². The molecular formula is C17H12F3NO3S. The van der Waals surface area contributed by atoms with Crippen molar-refractivity contribution >= 4 is 15.7 Å². The molecule has 0 amide bonds.